The maximum Gasteiger partial charge on any atom is 0.242 e. The van der Waals surface area contributed by atoms with Gasteiger partial charge in [-0.25, -0.2) is 0 Å². The topological polar surface area (TPSA) is 81.7 Å². The second-order valence-electron chi connectivity index (χ2n) is 4.60. The van der Waals surface area contributed by atoms with Crippen molar-refractivity contribution >= 4 is 11.8 Å². The van der Waals surface area contributed by atoms with Crippen molar-refractivity contribution in [2.45, 2.75) is 38.0 Å². The molecule has 2 heterocycles. The van der Waals surface area contributed by atoms with Crippen molar-refractivity contribution in [3.63, 3.8) is 0 Å². The molecular formula is C11H19N3O3. The van der Waals surface area contributed by atoms with Crippen molar-refractivity contribution < 1.29 is 14.7 Å². The van der Waals surface area contributed by atoms with Gasteiger partial charge in [0.05, 0.1) is 12.1 Å². The van der Waals surface area contributed by atoms with E-state index in [1.807, 2.05) is 6.92 Å². The van der Waals surface area contributed by atoms with Crippen LogP contribution in [0.5, 0.6) is 0 Å². The maximum atomic E-state index is 12.2. The first-order chi connectivity index (χ1) is 8.13. The molecule has 17 heavy (non-hydrogen) atoms. The minimum Gasteiger partial charge on any atom is -0.392 e. The van der Waals surface area contributed by atoms with Gasteiger partial charge in [-0.15, -0.1) is 0 Å². The van der Waals surface area contributed by atoms with Crippen LogP contribution in [0.3, 0.4) is 0 Å². The van der Waals surface area contributed by atoms with E-state index in [1.54, 1.807) is 4.90 Å². The molecule has 3 N–H and O–H groups in total. The van der Waals surface area contributed by atoms with Crippen LogP contribution in [0.4, 0.5) is 0 Å². The Morgan fingerprint density at radius 3 is 2.94 bits per heavy atom. The third-order valence-electron chi connectivity index (χ3n) is 3.41. The first kappa shape index (κ1) is 12.3. The van der Waals surface area contributed by atoms with E-state index in [1.165, 1.54) is 0 Å². The standard InChI is InChI=1S/C11H19N3O3/c1-2-9-10(16)12-3-4-14(9)11(17)8-5-7(15)6-13-8/h7-9,13,15H,2-6H2,1H3,(H,12,16). The third-order valence-corrected chi connectivity index (χ3v) is 3.41. The number of β-amino-alcohol motifs (C(OH)–C–C–N with tert-alkyl or cyclic N) is 1. The molecule has 2 fully saturated rings. The summed E-state index contributed by atoms with van der Waals surface area (Å²) in [6.45, 7) is 3.41. The molecule has 2 aliphatic heterocycles. The van der Waals surface area contributed by atoms with Crippen LogP contribution in [-0.2, 0) is 9.59 Å². The second-order valence-corrected chi connectivity index (χ2v) is 4.60. The lowest BCUT2D eigenvalue weighted by atomic mass is 10.1. The van der Waals surface area contributed by atoms with Gasteiger partial charge in [0.1, 0.15) is 6.04 Å². The van der Waals surface area contributed by atoms with Gasteiger partial charge in [-0.3, -0.25) is 9.59 Å². The van der Waals surface area contributed by atoms with E-state index >= 15 is 0 Å². The number of aliphatic hydroxyl groups excluding tert-OH is 1. The summed E-state index contributed by atoms with van der Waals surface area (Å²) in [4.78, 5) is 25.5. The number of piperazine rings is 1. The Balaban J connectivity index is 2.04. The molecule has 0 saturated carbocycles. The molecule has 0 bridgehead atoms. The minimum atomic E-state index is -0.456. The lowest BCUT2D eigenvalue weighted by Gasteiger charge is -2.36. The summed E-state index contributed by atoms with van der Waals surface area (Å²) < 4.78 is 0. The lowest BCUT2D eigenvalue weighted by Crippen LogP contribution is -2.59. The first-order valence-corrected chi connectivity index (χ1v) is 6.13. The highest BCUT2D eigenvalue weighted by molar-refractivity contribution is 5.91. The molecule has 2 amide bonds. The van der Waals surface area contributed by atoms with Crippen molar-refractivity contribution in [2.75, 3.05) is 19.6 Å². The first-order valence-electron chi connectivity index (χ1n) is 6.13. The van der Waals surface area contributed by atoms with Crippen molar-refractivity contribution in [3.05, 3.63) is 0 Å². The number of amides is 2. The fraction of sp³-hybridized carbons (Fsp3) is 0.818. The van der Waals surface area contributed by atoms with E-state index in [0.29, 0.717) is 32.5 Å². The summed E-state index contributed by atoms with van der Waals surface area (Å²) >= 11 is 0. The van der Waals surface area contributed by atoms with Crippen LogP contribution in [0.1, 0.15) is 19.8 Å². The predicted octanol–water partition coefficient (Wildman–Crippen LogP) is -1.55. The number of carbonyl (C=O) groups excluding carboxylic acids is 2. The SMILES string of the molecule is CCC1C(=O)NCCN1C(=O)C1CC(O)CN1. The average Bonchev–Trinajstić information content (AvgIpc) is 2.74. The second kappa shape index (κ2) is 5.01. The summed E-state index contributed by atoms with van der Waals surface area (Å²) in [6, 6.07) is -0.708. The average molecular weight is 241 g/mol. The molecule has 2 saturated heterocycles. The van der Waals surface area contributed by atoms with E-state index in [4.69, 9.17) is 0 Å². The van der Waals surface area contributed by atoms with Crippen molar-refractivity contribution in [1.29, 1.82) is 0 Å². The van der Waals surface area contributed by atoms with Gasteiger partial charge < -0.3 is 20.6 Å². The molecule has 2 rings (SSSR count). The van der Waals surface area contributed by atoms with Crippen molar-refractivity contribution in [3.8, 4) is 0 Å². The number of nitrogens with zero attached hydrogens (tertiary/aromatic N) is 1. The number of carbonyl (C=O) groups is 2. The Labute approximate surface area is 100 Å². The van der Waals surface area contributed by atoms with Gasteiger partial charge in [-0.05, 0) is 12.8 Å². The molecule has 0 spiro atoms. The van der Waals surface area contributed by atoms with Crippen molar-refractivity contribution in [2.24, 2.45) is 0 Å². The summed E-state index contributed by atoms with van der Waals surface area (Å²) in [5.41, 5.74) is 0. The Bertz CT molecular complexity index is 321. The number of hydrogen-bond donors (Lipinski definition) is 3. The smallest absolute Gasteiger partial charge is 0.242 e. The fourth-order valence-corrected chi connectivity index (χ4v) is 2.49. The molecule has 0 aromatic rings. The number of rotatable bonds is 2. The molecular weight excluding hydrogens is 222 g/mol. The van der Waals surface area contributed by atoms with Gasteiger partial charge >= 0.3 is 0 Å². The molecule has 0 aliphatic carbocycles. The molecule has 3 atom stereocenters. The monoisotopic (exact) mass is 241 g/mol. The lowest BCUT2D eigenvalue weighted by molar-refractivity contribution is -0.144. The Morgan fingerprint density at radius 2 is 2.35 bits per heavy atom. The zero-order chi connectivity index (χ0) is 12.4. The van der Waals surface area contributed by atoms with Gasteiger partial charge in [-0.1, -0.05) is 6.92 Å². The zero-order valence-corrected chi connectivity index (χ0v) is 9.98. The van der Waals surface area contributed by atoms with E-state index in [2.05, 4.69) is 10.6 Å². The van der Waals surface area contributed by atoms with Crippen LogP contribution >= 0.6 is 0 Å². The quantitative estimate of drug-likeness (QED) is 0.546. The van der Waals surface area contributed by atoms with E-state index in [0.717, 1.165) is 0 Å². The number of aliphatic hydroxyl groups is 1. The molecule has 0 radical (unpaired) electrons. The van der Waals surface area contributed by atoms with Gasteiger partial charge in [0.15, 0.2) is 0 Å². The van der Waals surface area contributed by atoms with Gasteiger partial charge in [0.25, 0.3) is 0 Å². The Kier molecular flexibility index (Phi) is 3.63. The highest BCUT2D eigenvalue weighted by Crippen LogP contribution is 2.15. The summed E-state index contributed by atoms with van der Waals surface area (Å²) in [6.07, 6.45) is 0.600. The van der Waals surface area contributed by atoms with Crippen LogP contribution in [0.15, 0.2) is 0 Å². The van der Waals surface area contributed by atoms with Crippen LogP contribution in [-0.4, -0.2) is 59.6 Å². The maximum absolute atomic E-state index is 12.2. The van der Waals surface area contributed by atoms with E-state index in [9.17, 15) is 14.7 Å². The Morgan fingerprint density at radius 1 is 1.59 bits per heavy atom. The van der Waals surface area contributed by atoms with Crippen LogP contribution in [0.2, 0.25) is 0 Å². The van der Waals surface area contributed by atoms with Crippen LogP contribution < -0.4 is 10.6 Å². The van der Waals surface area contributed by atoms with Crippen LogP contribution in [0.25, 0.3) is 0 Å². The zero-order valence-electron chi connectivity index (χ0n) is 9.98. The fourth-order valence-electron chi connectivity index (χ4n) is 2.49. The van der Waals surface area contributed by atoms with Crippen LogP contribution in [0, 0.1) is 0 Å². The van der Waals surface area contributed by atoms with E-state index < -0.39 is 6.10 Å². The van der Waals surface area contributed by atoms with E-state index in [-0.39, 0.29) is 23.9 Å². The molecule has 0 aromatic heterocycles. The largest absolute Gasteiger partial charge is 0.392 e. The summed E-state index contributed by atoms with van der Waals surface area (Å²) in [5.74, 6) is -0.145. The predicted molar refractivity (Wildman–Crippen MR) is 61.2 cm³/mol. The number of nitrogens with one attached hydrogen (secondary N) is 2. The highest BCUT2D eigenvalue weighted by atomic mass is 16.3. The van der Waals surface area contributed by atoms with Gasteiger partial charge in [-0.2, -0.15) is 0 Å². The third kappa shape index (κ3) is 2.42. The Hall–Kier alpha value is -1.14. The molecule has 3 unspecified atom stereocenters. The number of hydrogen-bond acceptors (Lipinski definition) is 4. The normalized spacial score (nSPS) is 33.6. The molecule has 6 nitrogen and oxygen atoms in total. The van der Waals surface area contributed by atoms with Gasteiger partial charge in [0, 0.05) is 19.6 Å². The summed E-state index contributed by atoms with van der Waals surface area (Å²) in [5, 5.41) is 15.2. The molecule has 96 valence electrons. The molecule has 0 aromatic carbocycles. The summed E-state index contributed by atoms with van der Waals surface area (Å²) in [7, 11) is 0. The molecule has 2 aliphatic rings. The van der Waals surface area contributed by atoms with Gasteiger partial charge in [0.2, 0.25) is 11.8 Å². The van der Waals surface area contributed by atoms with Crippen molar-refractivity contribution in [1.82, 2.24) is 15.5 Å². The molecule has 6 heteroatoms. The minimum absolute atomic E-state index is 0.0664. The highest BCUT2D eigenvalue weighted by Gasteiger charge is 2.37.